The van der Waals surface area contributed by atoms with E-state index in [1.165, 1.54) is 5.56 Å². The fourth-order valence-corrected chi connectivity index (χ4v) is 2.16. The average Bonchev–Trinajstić information content (AvgIpc) is 2.30. The van der Waals surface area contributed by atoms with Crippen molar-refractivity contribution in [3.63, 3.8) is 0 Å². The first-order chi connectivity index (χ1) is 8.08. The first-order valence-corrected chi connectivity index (χ1v) is 6.52. The highest BCUT2D eigenvalue weighted by molar-refractivity contribution is 5.30. The summed E-state index contributed by atoms with van der Waals surface area (Å²) in [6.45, 7) is 8.58. The Morgan fingerprint density at radius 2 is 1.71 bits per heavy atom. The fourth-order valence-electron chi connectivity index (χ4n) is 2.16. The van der Waals surface area contributed by atoms with Gasteiger partial charge in [0.15, 0.2) is 0 Å². The van der Waals surface area contributed by atoms with Gasteiger partial charge in [-0.2, -0.15) is 0 Å². The molecule has 96 valence electrons. The second-order valence-corrected chi connectivity index (χ2v) is 4.83. The molecular formula is C15H25NO. The molecule has 0 heterocycles. The monoisotopic (exact) mass is 235 g/mol. The van der Waals surface area contributed by atoms with Crippen molar-refractivity contribution in [2.75, 3.05) is 7.05 Å². The molecule has 0 saturated carbocycles. The molecule has 1 aromatic carbocycles. The van der Waals surface area contributed by atoms with Crippen molar-refractivity contribution in [1.82, 2.24) is 5.32 Å². The minimum absolute atomic E-state index is 0.235. The van der Waals surface area contributed by atoms with Crippen molar-refractivity contribution in [1.29, 1.82) is 0 Å². The summed E-state index contributed by atoms with van der Waals surface area (Å²) in [5.74, 6) is 1.48. The standard InChI is InChI=1S/C15H25NO/c1-6-15(16-5)12(4)13-7-9-14(10-8-13)17-11(2)3/h7-12,15-16H,6H2,1-5H3. The molecule has 2 nitrogen and oxygen atoms in total. The van der Waals surface area contributed by atoms with Gasteiger partial charge in [-0.1, -0.05) is 26.0 Å². The van der Waals surface area contributed by atoms with Gasteiger partial charge in [0.1, 0.15) is 5.75 Å². The highest BCUT2D eigenvalue weighted by atomic mass is 16.5. The van der Waals surface area contributed by atoms with Crippen molar-refractivity contribution in [3.8, 4) is 5.75 Å². The summed E-state index contributed by atoms with van der Waals surface area (Å²) in [7, 11) is 2.03. The van der Waals surface area contributed by atoms with Crippen LogP contribution in [0.5, 0.6) is 5.75 Å². The van der Waals surface area contributed by atoms with E-state index in [2.05, 4.69) is 43.4 Å². The van der Waals surface area contributed by atoms with Gasteiger partial charge in [0, 0.05) is 6.04 Å². The highest BCUT2D eigenvalue weighted by Crippen LogP contribution is 2.23. The van der Waals surface area contributed by atoms with E-state index in [1.54, 1.807) is 0 Å². The number of hydrogen-bond acceptors (Lipinski definition) is 2. The highest BCUT2D eigenvalue weighted by Gasteiger charge is 2.15. The third-order valence-electron chi connectivity index (χ3n) is 3.19. The summed E-state index contributed by atoms with van der Waals surface area (Å²) in [5, 5.41) is 3.37. The second kappa shape index (κ2) is 6.65. The number of hydrogen-bond donors (Lipinski definition) is 1. The number of nitrogens with one attached hydrogen (secondary N) is 1. The molecule has 0 aliphatic rings. The van der Waals surface area contributed by atoms with Crippen molar-refractivity contribution in [3.05, 3.63) is 29.8 Å². The van der Waals surface area contributed by atoms with E-state index >= 15 is 0 Å². The molecule has 0 bridgehead atoms. The van der Waals surface area contributed by atoms with Gasteiger partial charge < -0.3 is 10.1 Å². The van der Waals surface area contributed by atoms with E-state index in [-0.39, 0.29) is 6.10 Å². The van der Waals surface area contributed by atoms with Crippen molar-refractivity contribution >= 4 is 0 Å². The fraction of sp³-hybridized carbons (Fsp3) is 0.600. The van der Waals surface area contributed by atoms with Crippen LogP contribution in [0.2, 0.25) is 0 Å². The van der Waals surface area contributed by atoms with Crippen LogP contribution < -0.4 is 10.1 Å². The molecule has 2 heteroatoms. The largest absolute Gasteiger partial charge is 0.491 e. The summed E-state index contributed by atoms with van der Waals surface area (Å²) in [5.41, 5.74) is 1.36. The Bertz CT molecular complexity index is 314. The molecule has 0 spiro atoms. The third kappa shape index (κ3) is 4.04. The molecule has 0 aliphatic carbocycles. The van der Waals surface area contributed by atoms with E-state index in [0.29, 0.717) is 12.0 Å². The van der Waals surface area contributed by atoms with Crippen LogP contribution in [-0.2, 0) is 0 Å². The van der Waals surface area contributed by atoms with Crippen LogP contribution in [0.25, 0.3) is 0 Å². The average molecular weight is 235 g/mol. The van der Waals surface area contributed by atoms with Gasteiger partial charge in [-0.25, -0.2) is 0 Å². The Kier molecular flexibility index (Phi) is 5.49. The van der Waals surface area contributed by atoms with Crippen LogP contribution >= 0.6 is 0 Å². The Labute approximate surface area is 105 Å². The van der Waals surface area contributed by atoms with Crippen molar-refractivity contribution in [2.24, 2.45) is 0 Å². The molecule has 0 amide bonds. The SMILES string of the molecule is CCC(NC)C(C)c1ccc(OC(C)C)cc1. The van der Waals surface area contributed by atoms with Crippen LogP contribution in [0.3, 0.4) is 0 Å². The molecule has 0 fully saturated rings. The van der Waals surface area contributed by atoms with Gasteiger partial charge in [-0.3, -0.25) is 0 Å². The van der Waals surface area contributed by atoms with Crippen molar-refractivity contribution in [2.45, 2.75) is 52.2 Å². The minimum Gasteiger partial charge on any atom is -0.491 e. The maximum absolute atomic E-state index is 5.65. The van der Waals surface area contributed by atoms with E-state index in [1.807, 2.05) is 20.9 Å². The summed E-state index contributed by atoms with van der Waals surface area (Å²) in [6, 6.07) is 9.00. The van der Waals surface area contributed by atoms with Gasteiger partial charge in [0.2, 0.25) is 0 Å². The molecule has 0 saturated heterocycles. The Morgan fingerprint density at radius 3 is 2.12 bits per heavy atom. The summed E-state index contributed by atoms with van der Waals surface area (Å²) in [4.78, 5) is 0. The number of rotatable bonds is 6. The minimum atomic E-state index is 0.235. The molecular weight excluding hydrogens is 210 g/mol. The lowest BCUT2D eigenvalue weighted by molar-refractivity contribution is 0.242. The maximum Gasteiger partial charge on any atom is 0.119 e. The Morgan fingerprint density at radius 1 is 1.12 bits per heavy atom. The van der Waals surface area contributed by atoms with Gasteiger partial charge in [0.25, 0.3) is 0 Å². The topological polar surface area (TPSA) is 21.3 Å². The predicted molar refractivity (Wildman–Crippen MR) is 73.8 cm³/mol. The molecule has 1 N–H and O–H groups in total. The third-order valence-corrected chi connectivity index (χ3v) is 3.19. The zero-order valence-corrected chi connectivity index (χ0v) is 11.7. The lowest BCUT2D eigenvalue weighted by Crippen LogP contribution is -2.29. The normalized spacial score (nSPS) is 14.7. The smallest absolute Gasteiger partial charge is 0.119 e. The lowest BCUT2D eigenvalue weighted by Gasteiger charge is -2.22. The molecule has 1 rings (SSSR count). The van der Waals surface area contributed by atoms with Crippen LogP contribution in [0.4, 0.5) is 0 Å². The first-order valence-electron chi connectivity index (χ1n) is 6.52. The Balaban J connectivity index is 2.72. The lowest BCUT2D eigenvalue weighted by atomic mass is 9.92. The summed E-state index contributed by atoms with van der Waals surface area (Å²) < 4.78 is 5.65. The van der Waals surface area contributed by atoms with E-state index in [4.69, 9.17) is 4.74 Å². The maximum atomic E-state index is 5.65. The van der Waals surface area contributed by atoms with Gasteiger partial charge >= 0.3 is 0 Å². The predicted octanol–water partition coefficient (Wildman–Crippen LogP) is 3.58. The number of benzene rings is 1. The Hall–Kier alpha value is -1.02. The molecule has 0 aromatic heterocycles. The molecule has 2 atom stereocenters. The molecule has 0 aliphatic heterocycles. The van der Waals surface area contributed by atoms with E-state index in [0.717, 1.165) is 12.2 Å². The zero-order valence-electron chi connectivity index (χ0n) is 11.7. The quantitative estimate of drug-likeness (QED) is 0.814. The van der Waals surface area contributed by atoms with Gasteiger partial charge in [-0.15, -0.1) is 0 Å². The molecule has 17 heavy (non-hydrogen) atoms. The van der Waals surface area contributed by atoms with Crippen LogP contribution in [-0.4, -0.2) is 19.2 Å². The van der Waals surface area contributed by atoms with Crippen LogP contribution in [0.1, 0.15) is 45.6 Å². The molecule has 1 aromatic rings. The zero-order chi connectivity index (χ0) is 12.8. The van der Waals surface area contributed by atoms with E-state index < -0.39 is 0 Å². The van der Waals surface area contributed by atoms with Crippen molar-refractivity contribution < 1.29 is 4.74 Å². The summed E-state index contributed by atoms with van der Waals surface area (Å²) in [6.07, 6.45) is 1.38. The van der Waals surface area contributed by atoms with E-state index in [9.17, 15) is 0 Å². The second-order valence-electron chi connectivity index (χ2n) is 4.83. The molecule has 2 unspecified atom stereocenters. The number of ether oxygens (including phenoxy) is 1. The molecule has 0 radical (unpaired) electrons. The van der Waals surface area contributed by atoms with Gasteiger partial charge in [0.05, 0.1) is 6.10 Å². The summed E-state index contributed by atoms with van der Waals surface area (Å²) >= 11 is 0. The van der Waals surface area contributed by atoms with Gasteiger partial charge in [-0.05, 0) is 50.9 Å². The number of likely N-dealkylation sites (N-methyl/N-ethyl adjacent to an activating group) is 1. The van der Waals surface area contributed by atoms with Crippen LogP contribution in [0, 0.1) is 0 Å². The van der Waals surface area contributed by atoms with Crippen LogP contribution in [0.15, 0.2) is 24.3 Å². The first kappa shape index (κ1) is 14.0.